The zero-order valence-electron chi connectivity index (χ0n) is 15.0. The highest BCUT2D eigenvalue weighted by Gasteiger charge is 2.11. The minimum atomic E-state index is -0.132. The summed E-state index contributed by atoms with van der Waals surface area (Å²) >= 11 is 5.88. The van der Waals surface area contributed by atoms with Gasteiger partial charge in [-0.2, -0.15) is 0 Å². The maximum atomic E-state index is 12.1. The smallest absolute Gasteiger partial charge is 0.226 e. The molecule has 0 spiro atoms. The van der Waals surface area contributed by atoms with Gasteiger partial charge in [-0.3, -0.25) is 9.59 Å². The number of halogens is 1. The minimum Gasteiger partial charge on any atom is -0.497 e. The lowest BCUT2D eigenvalue weighted by Crippen LogP contribution is -2.33. The molecule has 0 heterocycles. The molecule has 2 amide bonds. The van der Waals surface area contributed by atoms with Crippen LogP contribution in [0.5, 0.6) is 5.75 Å². The molecule has 0 bridgehead atoms. The lowest BCUT2D eigenvalue weighted by Gasteiger charge is -2.21. The number of methoxy groups -OCH3 is 1. The number of anilines is 1. The van der Waals surface area contributed by atoms with Gasteiger partial charge in [0, 0.05) is 37.1 Å². The predicted octanol–water partition coefficient (Wildman–Crippen LogP) is 3.77. The quantitative estimate of drug-likeness (QED) is 0.765. The number of nitrogens with zero attached hydrogens (tertiary/aromatic N) is 1. The second-order valence-corrected chi connectivity index (χ2v) is 6.35. The summed E-state index contributed by atoms with van der Waals surface area (Å²) in [6.07, 6.45) is 0.961. The van der Waals surface area contributed by atoms with E-state index in [1.165, 1.54) is 6.92 Å². The Kier molecular flexibility index (Phi) is 7.48. The Morgan fingerprint density at radius 2 is 1.69 bits per heavy atom. The largest absolute Gasteiger partial charge is 0.497 e. The number of hydrogen-bond acceptors (Lipinski definition) is 3. The first kappa shape index (κ1) is 19.8. The summed E-state index contributed by atoms with van der Waals surface area (Å²) < 4.78 is 5.09. The van der Waals surface area contributed by atoms with E-state index in [9.17, 15) is 9.59 Å². The van der Waals surface area contributed by atoms with Crippen LogP contribution in [0.1, 0.15) is 18.9 Å². The zero-order valence-corrected chi connectivity index (χ0v) is 15.8. The summed E-state index contributed by atoms with van der Waals surface area (Å²) in [5.74, 6) is 0.553. The highest BCUT2D eigenvalue weighted by Crippen LogP contribution is 2.15. The van der Waals surface area contributed by atoms with Gasteiger partial charge in [0.15, 0.2) is 0 Å². The van der Waals surface area contributed by atoms with Crippen LogP contribution in [0.3, 0.4) is 0 Å². The van der Waals surface area contributed by atoms with E-state index in [4.69, 9.17) is 16.3 Å². The van der Waals surface area contributed by atoms with Crippen LogP contribution in [0.2, 0.25) is 5.02 Å². The molecule has 2 rings (SSSR count). The van der Waals surface area contributed by atoms with Crippen LogP contribution in [-0.4, -0.2) is 36.9 Å². The molecule has 5 nitrogen and oxygen atoms in total. The van der Waals surface area contributed by atoms with E-state index < -0.39 is 0 Å². The molecule has 0 unspecified atom stereocenters. The average molecular weight is 375 g/mol. The van der Waals surface area contributed by atoms with Gasteiger partial charge < -0.3 is 15.0 Å². The summed E-state index contributed by atoms with van der Waals surface area (Å²) in [7, 11) is 1.59. The van der Waals surface area contributed by atoms with Gasteiger partial charge >= 0.3 is 0 Å². The molecule has 0 aliphatic rings. The van der Waals surface area contributed by atoms with E-state index in [1.54, 1.807) is 36.3 Å². The van der Waals surface area contributed by atoms with Crippen molar-refractivity contribution in [2.24, 2.45) is 0 Å². The zero-order chi connectivity index (χ0) is 18.9. The molecule has 26 heavy (non-hydrogen) atoms. The highest BCUT2D eigenvalue weighted by molar-refractivity contribution is 6.30. The van der Waals surface area contributed by atoms with Gasteiger partial charge in [0.1, 0.15) is 5.75 Å². The van der Waals surface area contributed by atoms with E-state index in [2.05, 4.69) is 5.32 Å². The first-order valence-corrected chi connectivity index (χ1v) is 8.79. The van der Waals surface area contributed by atoms with Crippen LogP contribution in [0.4, 0.5) is 5.69 Å². The number of amides is 2. The van der Waals surface area contributed by atoms with Crippen LogP contribution in [-0.2, 0) is 16.0 Å². The summed E-state index contributed by atoms with van der Waals surface area (Å²) in [6.45, 7) is 2.46. The molecule has 0 aromatic heterocycles. The Hall–Kier alpha value is -2.53. The molecular weight excluding hydrogens is 352 g/mol. The number of ether oxygens (including phenoxy) is 1. The fourth-order valence-corrected chi connectivity index (χ4v) is 2.60. The van der Waals surface area contributed by atoms with Crippen LogP contribution < -0.4 is 10.1 Å². The van der Waals surface area contributed by atoms with Gasteiger partial charge in [0.2, 0.25) is 11.8 Å². The molecule has 0 saturated carbocycles. The van der Waals surface area contributed by atoms with E-state index in [0.29, 0.717) is 23.8 Å². The van der Waals surface area contributed by atoms with Gasteiger partial charge in [-0.15, -0.1) is 0 Å². The third-order valence-electron chi connectivity index (χ3n) is 4.01. The van der Waals surface area contributed by atoms with Gasteiger partial charge in [0.05, 0.1) is 7.11 Å². The van der Waals surface area contributed by atoms with Crippen LogP contribution in [0.25, 0.3) is 0 Å². The van der Waals surface area contributed by atoms with Gasteiger partial charge in [-0.25, -0.2) is 0 Å². The Morgan fingerprint density at radius 3 is 2.27 bits per heavy atom. The number of nitrogens with one attached hydrogen (secondary N) is 1. The molecule has 0 saturated heterocycles. The number of carbonyl (C=O) groups is 2. The van der Waals surface area contributed by atoms with Gasteiger partial charge in [-0.1, -0.05) is 23.7 Å². The lowest BCUT2D eigenvalue weighted by atomic mass is 10.1. The number of hydrogen-bond donors (Lipinski definition) is 1. The molecule has 0 aliphatic carbocycles. The van der Waals surface area contributed by atoms with Crippen LogP contribution >= 0.6 is 11.6 Å². The fraction of sp³-hybridized carbons (Fsp3) is 0.300. The second-order valence-electron chi connectivity index (χ2n) is 5.91. The van der Waals surface area contributed by atoms with Crippen LogP contribution in [0, 0.1) is 0 Å². The summed E-state index contributed by atoms with van der Waals surface area (Å²) in [5.41, 5.74) is 1.80. The van der Waals surface area contributed by atoms with Crippen molar-refractivity contribution in [2.45, 2.75) is 19.8 Å². The normalized spacial score (nSPS) is 10.3. The Labute approximate surface area is 158 Å². The van der Waals surface area contributed by atoms with E-state index in [0.717, 1.165) is 17.7 Å². The molecular formula is C20H23ClN2O3. The summed E-state index contributed by atoms with van der Waals surface area (Å²) in [4.78, 5) is 25.6. The third-order valence-corrected chi connectivity index (χ3v) is 4.26. The lowest BCUT2D eigenvalue weighted by molar-refractivity contribution is -0.129. The van der Waals surface area contributed by atoms with Crippen molar-refractivity contribution in [3.8, 4) is 5.75 Å². The van der Waals surface area contributed by atoms with Crippen molar-refractivity contribution < 1.29 is 14.3 Å². The van der Waals surface area contributed by atoms with Crippen molar-refractivity contribution in [2.75, 3.05) is 25.5 Å². The van der Waals surface area contributed by atoms with Crippen molar-refractivity contribution in [1.82, 2.24) is 4.90 Å². The third kappa shape index (κ3) is 6.41. The highest BCUT2D eigenvalue weighted by atomic mass is 35.5. The Bertz CT molecular complexity index is 730. The van der Waals surface area contributed by atoms with Crippen molar-refractivity contribution >= 4 is 29.1 Å². The topological polar surface area (TPSA) is 58.6 Å². The first-order chi connectivity index (χ1) is 12.5. The molecule has 1 N–H and O–H groups in total. The Balaban J connectivity index is 1.81. The molecule has 2 aromatic rings. The first-order valence-electron chi connectivity index (χ1n) is 8.42. The molecule has 6 heteroatoms. The van der Waals surface area contributed by atoms with Gasteiger partial charge in [0.25, 0.3) is 0 Å². The van der Waals surface area contributed by atoms with E-state index >= 15 is 0 Å². The molecule has 0 fully saturated rings. The average Bonchev–Trinajstić information content (AvgIpc) is 2.63. The molecule has 2 aromatic carbocycles. The maximum Gasteiger partial charge on any atom is 0.226 e. The summed E-state index contributed by atoms with van der Waals surface area (Å²) in [5, 5.41) is 3.51. The van der Waals surface area contributed by atoms with Crippen molar-refractivity contribution in [1.29, 1.82) is 0 Å². The van der Waals surface area contributed by atoms with Crippen molar-refractivity contribution in [3.63, 3.8) is 0 Å². The summed E-state index contributed by atoms with van der Waals surface area (Å²) in [6, 6.07) is 14.7. The Morgan fingerprint density at radius 1 is 1.04 bits per heavy atom. The number of rotatable bonds is 8. The maximum absolute atomic E-state index is 12.1. The van der Waals surface area contributed by atoms with E-state index in [1.807, 2.05) is 24.3 Å². The van der Waals surface area contributed by atoms with Gasteiger partial charge in [-0.05, 0) is 48.4 Å². The second kappa shape index (κ2) is 9.82. The van der Waals surface area contributed by atoms with Crippen LogP contribution in [0.15, 0.2) is 48.5 Å². The van der Waals surface area contributed by atoms with E-state index in [-0.39, 0.29) is 18.2 Å². The number of benzene rings is 2. The van der Waals surface area contributed by atoms with Crippen molar-refractivity contribution in [3.05, 3.63) is 59.1 Å². The molecule has 138 valence electrons. The standard InChI is InChI=1S/C20H23ClN2O3/c1-15(24)23(13-11-16-3-5-17(21)6-4-16)14-12-20(25)22-18-7-9-19(26-2)10-8-18/h3-10H,11-14H2,1-2H3,(H,22,25). The number of carbonyl (C=O) groups excluding carboxylic acids is 2. The monoisotopic (exact) mass is 374 g/mol. The molecule has 0 atom stereocenters. The predicted molar refractivity (Wildman–Crippen MR) is 104 cm³/mol. The molecule has 0 aliphatic heterocycles. The molecule has 0 radical (unpaired) electrons. The fourth-order valence-electron chi connectivity index (χ4n) is 2.48. The minimum absolute atomic E-state index is 0.0452. The SMILES string of the molecule is COc1ccc(NC(=O)CCN(CCc2ccc(Cl)cc2)C(C)=O)cc1.